The van der Waals surface area contributed by atoms with Gasteiger partial charge < -0.3 is 25.0 Å². The van der Waals surface area contributed by atoms with Crippen LogP contribution in [0.15, 0.2) is 58.4 Å². The fourth-order valence-electron chi connectivity index (χ4n) is 3.22. The number of nitrogens with one attached hydrogen (secondary N) is 1. The predicted molar refractivity (Wildman–Crippen MR) is 123 cm³/mol. The zero-order chi connectivity index (χ0) is 24.1. The summed E-state index contributed by atoms with van der Waals surface area (Å²) in [5.74, 6) is -0.855. The standard InChI is InChI=1S/C23H24N4O6/c1-26(2)23(32)33-16-8-6-14(7-9-16)11-17(22(30)31)25-18-19(21(29)20(18)28)27(3)13-15-5-4-10-24-12-15/h4-10,12,17,25H,11,13H2,1-3H3,(H,30,31)/t17-/m0/s1. The van der Waals surface area contributed by atoms with Crippen LogP contribution >= 0.6 is 0 Å². The Morgan fingerprint density at radius 2 is 1.76 bits per heavy atom. The second kappa shape index (κ2) is 9.94. The smallest absolute Gasteiger partial charge is 0.414 e. The molecule has 10 heteroatoms. The van der Waals surface area contributed by atoms with Gasteiger partial charge in [-0.05, 0) is 29.3 Å². The molecule has 0 radical (unpaired) electrons. The van der Waals surface area contributed by atoms with Crippen LogP contribution < -0.4 is 25.8 Å². The van der Waals surface area contributed by atoms with Crippen molar-refractivity contribution in [2.24, 2.45) is 0 Å². The van der Waals surface area contributed by atoms with Crippen molar-refractivity contribution in [3.63, 3.8) is 0 Å². The molecule has 0 unspecified atom stereocenters. The van der Waals surface area contributed by atoms with Crippen LogP contribution in [0.1, 0.15) is 11.1 Å². The molecule has 1 amide bonds. The van der Waals surface area contributed by atoms with Crippen molar-refractivity contribution in [3.8, 4) is 5.75 Å². The molecule has 1 atom stereocenters. The van der Waals surface area contributed by atoms with Gasteiger partial charge in [0, 0.05) is 46.5 Å². The lowest BCUT2D eigenvalue weighted by atomic mass is 10.0. The molecule has 0 aliphatic heterocycles. The van der Waals surface area contributed by atoms with Gasteiger partial charge in [-0.2, -0.15) is 0 Å². The van der Waals surface area contributed by atoms with Crippen LogP contribution in [0.25, 0.3) is 0 Å². The summed E-state index contributed by atoms with van der Waals surface area (Å²) in [5, 5.41) is 12.4. The highest BCUT2D eigenvalue weighted by Crippen LogP contribution is 2.23. The SMILES string of the molecule is CN(C)C(=O)Oc1ccc(C[C@H](Nc2c(N(C)Cc3cccnc3)c(=O)c2=O)C(=O)O)cc1. The van der Waals surface area contributed by atoms with E-state index < -0.39 is 29.0 Å². The Morgan fingerprint density at radius 1 is 1.06 bits per heavy atom. The highest BCUT2D eigenvalue weighted by molar-refractivity contribution is 5.83. The molecular weight excluding hydrogens is 428 g/mol. The number of hydrogen-bond donors (Lipinski definition) is 2. The van der Waals surface area contributed by atoms with Crippen molar-refractivity contribution in [1.82, 2.24) is 9.88 Å². The van der Waals surface area contributed by atoms with Crippen molar-refractivity contribution in [3.05, 3.63) is 80.4 Å². The molecule has 0 saturated heterocycles. The number of carboxylic acid groups (broad SMARTS) is 1. The van der Waals surface area contributed by atoms with Crippen LogP contribution in [-0.2, 0) is 17.8 Å². The number of carbonyl (C=O) groups is 2. The summed E-state index contributed by atoms with van der Waals surface area (Å²) in [6, 6.07) is 8.83. The van der Waals surface area contributed by atoms with E-state index in [-0.39, 0.29) is 17.8 Å². The van der Waals surface area contributed by atoms with Gasteiger partial charge in [-0.1, -0.05) is 18.2 Å². The first-order chi connectivity index (χ1) is 15.7. The van der Waals surface area contributed by atoms with Crippen molar-refractivity contribution >= 4 is 23.4 Å². The first-order valence-electron chi connectivity index (χ1n) is 10.1. The zero-order valence-electron chi connectivity index (χ0n) is 18.4. The molecule has 1 heterocycles. The van der Waals surface area contributed by atoms with Gasteiger partial charge in [0.15, 0.2) is 0 Å². The summed E-state index contributed by atoms with van der Waals surface area (Å²) in [6.45, 7) is 0.332. The van der Waals surface area contributed by atoms with Gasteiger partial charge in [-0.3, -0.25) is 14.6 Å². The lowest BCUT2D eigenvalue weighted by Crippen LogP contribution is -2.44. The van der Waals surface area contributed by atoms with E-state index in [1.54, 1.807) is 68.8 Å². The molecule has 0 bridgehead atoms. The third-order valence-electron chi connectivity index (χ3n) is 4.96. The third-order valence-corrected chi connectivity index (χ3v) is 4.96. The first-order valence-corrected chi connectivity index (χ1v) is 10.1. The lowest BCUT2D eigenvalue weighted by molar-refractivity contribution is -0.137. The van der Waals surface area contributed by atoms with Crippen LogP contribution in [0.2, 0.25) is 0 Å². The van der Waals surface area contributed by atoms with Gasteiger partial charge in [0.05, 0.1) is 0 Å². The summed E-state index contributed by atoms with van der Waals surface area (Å²) in [6.07, 6.45) is 2.79. The summed E-state index contributed by atoms with van der Waals surface area (Å²) in [7, 11) is 4.77. The quantitative estimate of drug-likeness (QED) is 0.464. The molecule has 2 N–H and O–H groups in total. The average molecular weight is 452 g/mol. The van der Waals surface area contributed by atoms with Gasteiger partial charge in [0.2, 0.25) is 0 Å². The molecule has 0 spiro atoms. The van der Waals surface area contributed by atoms with E-state index in [0.29, 0.717) is 17.9 Å². The Hall–Kier alpha value is -4.21. The van der Waals surface area contributed by atoms with Crippen LogP contribution in [0.5, 0.6) is 5.75 Å². The number of nitrogens with zero attached hydrogens (tertiary/aromatic N) is 3. The van der Waals surface area contributed by atoms with E-state index in [9.17, 15) is 24.3 Å². The maximum atomic E-state index is 12.2. The van der Waals surface area contributed by atoms with Gasteiger partial charge in [-0.15, -0.1) is 0 Å². The Kier molecular flexibility index (Phi) is 7.07. The number of carbonyl (C=O) groups excluding carboxylic acids is 1. The fraction of sp³-hybridized carbons (Fsp3) is 0.261. The van der Waals surface area contributed by atoms with Crippen LogP contribution in [0.3, 0.4) is 0 Å². The second-order valence-corrected chi connectivity index (χ2v) is 7.74. The van der Waals surface area contributed by atoms with Crippen LogP contribution in [0, 0.1) is 0 Å². The minimum atomic E-state index is -1.17. The number of aromatic nitrogens is 1. The van der Waals surface area contributed by atoms with Gasteiger partial charge >= 0.3 is 12.1 Å². The number of benzene rings is 1. The van der Waals surface area contributed by atoms with Crippen molar-refractivity contribution in [1.29, 1.82) is 0 Å². The topological polar surface area (TPSA) is 129 Å². The van der Waals surface area contributed by atoms with Crippen molar-refractivity contribution in [2.75, 3.05) is 31.4 Å². The maximum Gasteiger partial charge on any atom is 0.414 e. The number of aliphatic carboxylic acids is 1. The number of pyridine rings is 1. The molecular formula is C23H24N4O6. The zero-order valence-corrected chi connectivity index (χ0v) is 18.4. The summed E-state index contributed by atoms with van der Waals surface area (Å²) in [4.78, 5) is 54.8. The summed E-state index contributed by atoms with van der Waals surface area (Å²) in [5.41, 5.74) is 0.184. The molecule has 172 valence electrons. The number of rotatable bonds is 9. The van der Waals surface area contributed by atoms with E-state index in [1.165, 1.54) is 4.90 Å². The highest BCUT2D eigenvalue weighted by atomic mass is 16.6. The molecule has 1 aromatic heterocycles. The molecule has 0 saturated carbocycles. The van der Waals surface area contributed by atoms with E-state index >= 15 is 0 Å². The molecule has 33 heavy (non-hydrogen) atoms. The third kappa shape index (κ3) is 5.53. The number of carboxylic acids is 1. The lowest BCUT2D eigenvalue weighted by Gasteiger charge is -2.25. The number of ether oxygens (including phenoxy) is 1. The van der Waals surface area contributed by atoms with Gasteiger partial charge in [-0.25, -0.2) is 9.59 Å². The molecule has 2 aromatic carbocycles. The van der Waals surface area contributed by atoms with Gasteiger partial charge in [0.1, 0.15) is 23.2 Å². The number of amides is 1. The molecule has 0 aliphatic carbocycles. The maximum absolute atomic E-state index is 12.2. The van der Waals surface area contributed by atoms with E-state index in [4.69, 9.17) is 4.74 Å². The average Bonchev–Trinajstić information content (AvgIpc) is 2.79. The Bertz CT molecular complexity index is 1200. The number of anilines is 2. The van der Waals surface area contributed by atoms with Crippen molar-refractivity contribution in [2.45, 2.75) is 19.0 Å². The van der Waals surface area contributed by atoms with E-state index in [0.717, 1.165) is 5.56 Å². The summed E-state index contributed by atoms with van der Waals surface area (Å²) < 4.78 is 5.14. The Balaban J connectivity index is 1.73. The van der Waals surface area contributed by atoms with E-state index in [2.05, 4.69) is 10.3 Å². The number of hydrogen-bond acceptors (Lipinski definition) is 8. The second-order valence-electron chi connectivity index (χ2n) is 7.74. The molecule has 3 aromatic rings. The minimum Gasteiger partial charge on any atom is -0.480 e. The first kappa shape index (κ1) is 23.5. The van der Waals surface area contributed by atoms with Crippen LogP contribution in [0.4, 0.5) is 16.2 Å². The monoisotopic (exact) mass is 452 g/mol. The molecule has 0 aliphatic rings. The normalized spacial score (nSPS) is 11.6. The molecule has 0 fully saturated rings. The molecule has 10 nitrogen and oxygen atoms in total. The van der Waals surface area contributed by atoms with Gasteiger partial charge in [0.25, 0.3) is 10.9 Å². The highest BCUT2D eigenvalue weighted by Gasteiger charge is 2.28. The van der Waals surface area contributed by atoms with E-state index in [1.807, 2.05) is 6.07 Å². The minimum absolute atomic E-state index is 0.0182. The largest absolute Gasteiger partial charge is 0.480 e. The van der Waals surface area contributed by atoms with Crippen molar-refractivity contribution < 1.29 is 19.4 Å². The Morgan fingerprint density at radius 3 is 2.33 bits per heavy atom. The molecule has 3 rings (SSSR count). The Labute approximate surface area is 189 Å². The predicted octanol–water partition coefficient (Wildman–Crippen LogP) is 1.48. The van der Waals surface area contributed by atoms with Crippen LogP contribution in [-0.4, -0.2) is 54.2 Å². The fourth-order valence-corrected chi connectivity index (χ4v) is 3.22. The summed E-state index contributed by atoms with van der Waals surface area (Å²) >= 11 is 0.